The molecule has 88 valence electrons. The Labute approximate surface area is 96.3 Å². The molecule has 1 aromatic carbocycles. The third-order valence-corrected chi connectivity index (χ3v) is 2.96. The maximum absolute atomic E-state index is 10.8. The molecule has 0 radical (unpaired) electrons. The van der Waals surface area contributed by atoms with E-state index in [-0.39, 0.29) is 5.92 Å². The summed E-state index contributed by atoms with van der Waals surface area (Å²) < 4.78 is 0. The minimum atomic E-state index is -0.728. The molecular weight excluding hydrogens is 202 g/mol. The zero-order valence-electron chi connectivity index (χ0n) is 9.81. The summed E-state index contributed by atoms with van der Waals surface area (Å²) >= 11 is 0. The molecule has 0 aliphatic carbocycles. The number of benzene rings is 1. The van der Waals surface area contributed by atoms with Crippen LogP contribution in [0.2, 0.25) is 0 Å². The molecule has 16 heavy (non-hydrogen) atoms. The second-order valence-electron chi connectivity index (χ2n) is 4.25. The summed E-state index contributed by atoms with van der Waals surface area (Å²) in [6.45, 7) is 3.83. The predicted molar refractivity (Wildman–Crippen MR) is 65.3 cm³/mol. The SMILES string of the molecule is CCC(CC(C)C(=O)O)c1ccc(N)cc1. The third-order valence-electron chi connectivity index (χ3n) is 2.96. The summed E-state index contributed by atoms with van der Waals surface area (Å²) in [6.07, 6.45) is 1.62. The lowest BCUT2D eigenvalue weighted by Crippen LogP contribution is -2.13. The number of carbonyl (C=O) groups is 1. The van der Waals surface area contributed by atoms with E-state index in [1.807, 2.05) is 24.3 Å². The van der Waals surface area contributed by atoms with Gasteiger partial charge in [-0.1, -0.05) is 26.0 Å². The molecule has 0 bridgehead atoms. The van der Waals surface area contributed by atoms with Crippen LogP contribution in [-0.4, -0.2) is 11.1 Å². The standard InChI is InChI=1S/C13H19NO2/c1-3-10(8-9(2)13(15)16)11-4-6-12(14)7-5-11/h4-7,9-10H,3,8,14H2,1-2H3,(H,15,16). The lowest BCUT2D eigenvalue weighted by Gasteiger charge is -2.17. The van der Waals surface area contributed by atoms with Gasteiger partial charge in [0, 0.05) is 5.69 Å². The molecule has 3 N–H and O–H groups in total. The van der Waals surface area contributed by atoms with Crippen molar-refractivity contribution in [2.24, 2.45) is 5.92 Å². The van der Waals surface area contributed by atoms with Crippen molar-refractivity contribution in [3.8, 4) is 0 Å². The van der Waals surface area contributed by atoms with Crippen LogP contribution in [0.4, 0.5) is 5.69 Å². The Morgan fingerprint density at radius 3 is 2.38 bits per heavy atom. The average Bonchev–Trinajstić information content (AvgIpc) is 2.26. The highest BCUT2D eigenvalue weighted by Crippen LogP contribution is 2.27. The Balaban J connectivity index is 2.74. The van der Waals surface area contributed by atoms with Crippen molar-refractivity contribution in [2.45, 2.75) is 32.6 Å². The van der Waals surface area contributed by atoms with Crippen LogP contribution in [0, 0.1) is 5.92 Å². The first-order valence-electron chi connectivity index (χ1n) is 5.62. The van der Waals surface area contributed by atoms with Gasteiger partial charge in [0.05, 0.1) is 5.92 Å². The van der Waals surface area contributed by atoms with E-state index in [4.69, 9.17) is 10.8 Å². The Bertz CT molecular complexity index is 345. The first kappa shape index (κ1) is 12.6. The molecular formula is C13H19NO2. The summed E-state index contributed by atoms with van der Waals surface area (Å²) in [6, 6.07) is 7.70. The largest absolute Gasteiger partial charge is 0.481 e. The van der Waals surface area contributed by atoms with Crippen LogP contribution in [0.25, 0.3) is 0 Å². The van der Waals surface area contributed by atoms with Crippen LogP contribution in [0.5, 0.6) is 0 Å². The zero-order valence-corrected chi connectivity index (χ0v) is 9.81. The van der Waals surface area contributed by atoms with Gasteiger partial charge in [0.1, 0.15) is 0 Å². The van der Waals surface area contributed by atoms with Gasteiger partial charge in [-0.25, -0.2) is 0 Å². The number of carboxylic acid groups (broad SMARTS) is 1. The normalized spacial score (nSPS) is 14.4. The second-order valence-corrected chi connectivity index (χ2v) is 4.25. The predicted octanol–water partition coefficient (Wildman–Crippen LogP) is 2.87. The fourth-order valence-corrected chi connectivity index (χ4v) is 1.83. The van der Waals surface area contributed by atoms with Gasteiger partial charge in [0.25, 0.3) is 0 Å². The number of nitrogen functional groups attached to an aromatic ring is 1. The number of hydrogen-bond acceptors (Lipinski definition) is 2. The minimum Gasteiger partial charge on any atom is -0.481 e. The van der Waals surface area contributed by atoms with Crippen LogP contribution in [-0.2, 0) is 4.79 Å². The van der Waals surface area contributed by atoms with Crippen LogP contribution in [0.15, 0.2) is 24.3 Å². The topological polar surface area (TPSA) is 63.3 Å². The first-order chi connectivity index (χ1) is 7.54. The van der Waals surface area contributed by atoms with Gasteiger partial charge in [-0.3, -0.25) is 4.79 Å². The summed E-state index contributed by atoms with van der Waals surface area (Å²) in [5.41, 5.74) is 7.54. The monoisotopic (exact) mass is 221 g/mol. The molecule has 0 amide bonds. The van der Waals surface area contributed by atoms with Crippen molar-refractivity contribution in [1.29, 1.82) is 0 Å². The molecule has 0 aliphatic rings. The average molecular weight is 221 g/mol. The van der Waals surface area contributed by atoms with E-state index in [1.165, 1.54) is 5.56 Å². The number of anilines is 1. The van der Waals surface area contributed by atoms with Crippen LogP contribution in [0.1, 0.15) is 38.2 Å². The highest BCUT2D eigenvalue weighted by molar-refractivity contribution is 5.69. The maximum Gasteiger partial charge on any atom is 0.306 e. The Morgan fingerprint density at radius 1 is 1.38 bits per heavy atom. The van der Waals surface area contributed by atoms with E-state index in [0.29, 0.717) is 12.3 Å². The third kappa shape index (κ3) is 3.26. The Morgan fingerprint density at radius 2 is 1.94 bits per heavy atom. The van der Waals surface area contributed by atoms with Crippen molar-refractivity contribution in [3.63, 3.8) is 0 Å². The molecule has 0 saturated carbocycles. The number of hydrogen-bond donors (Lipinski definition) is 2. The molecule has 3 heteroatoms. The molecule has 3 nitrogen and oxygen atoms in total. The van der Waals surface area contributed by atoms with Gasteiger partial charge in [-0.05, 0) is 36.5 Å². The molecule has 0 aliphatic heterocycles. The highest BCUT2D eigenvalue weighted by Gasteiger charge is 2.18. The molecule has 0 aromatic heterocycles. The molecule has 0 saturated heterocycles. The van der Waals surface area contributed by atoms with Gasteiger partial charge in [-0.15, -0.1) is 0 Å². The zero-order chi connectivity index (χ0) is 12.1. The second kappa shape index (κ2) is 5.54. The maximum atomic E-state index is 10.8. The van der Waals surface area contributed by atoms with Crippen LogP contribution < -0.4 is 5.73 Å². The van der Waals surface area contributed by atoms with Gasteiger partial charge >= 0.3 is 5.97 Å². The number of nitrogens with two attached hydrogens (primary N) is 1. The highest BCUT2D eigenvalue weighted by atomic mass is 16.4. The molecule has 1 aromatic rings. The van der Waals surface area contributed by atoms with Gasteiger partial charge < -0.3 is 10.8 Å². The molecule has 2 atom stereocenters. The van der Waals surface area contributed by atoms with E-state index >= 15 is 0 Å². The van der Waals surface area contributed by atoms with E-state index in [0.717, 1.165) is 12.1 Å². The van der Waals surface area contributed by atoms with Gasteiger partial charge in [0.2, 0.25) is 0 Å². The van der Waals surface area contributed by atoms with E-state index in [1.54, 1.807) is 6.92 Å². The summed E-state index contributed by atoms with van der Waals surface area (Å²) in [4.78, 5) is 10.8. The van der Waals surface area contributed by atoms with Crippen molar-refractivity contribution in [1.82, 2.24) is 0 Å². The fraction of sp³-hybridized carbons (Fsp3) is 0.462. The number of rotatable bonds is 5. The molecule has 0 spiro atoms. The molecule has 0 fully saturated rings. The fourth-order valence-electron chi connectivity index (χ4n) is 1.83. The van der Waals surface area contributed by atoms with E-state index < -0.39 is 5.97 Å². The van der Waals surface area contributed by atoms with Crippen LogP contribution in [0.3, 0.4) is 0 Å². The van der Waals surface area contributed by atoms with Gasteiger partial charge in [-0.2, -0.15) is 0 Å². The van der Waals surface area contributed by atoms with Crippen LogP contribution >= 0.6 is 0 Å². The van der Waals surface area contributed by atoms with Crippen molar-refractivity contribution >= 4 is 11.7 Å². The molecule has 2 unspecified atom stereocenters. The van der Waals surface area contributed by atoms with Crippen molar-refractivity contribution in [3.05, 3.63) is 29.8 Å². The van der Waals surface area contributed by atoms with Crippen molar-refractivity contribution < 1.29 is 9.90 Å². The summed E-state index contributed by atoms with van der Waals surface area (Å²) in [5.74, 6) is -0.733. The number of carboxylic acids is 1. The Kier molecular flexibility index (Phi) is 4.35. The lowest BCUT2D eigenvalue weighted by molar-refractivity contribution is -0.141. The van der Waals surface area contributed by atoms with Crippen molar-refractivity contribution in [2.75, 3.05) is 5.73 Å². The Hall–Kier alpha value is -1.51. The minimum absolute atomic E-state index is 0.298. The van der Waals surface area contributed by atoms with E-state index in [9.17, 15) is 4.79 Å². The van der Waals surface area contributed by atoms with E-state index in [2.05, 4.69) is 6.92 Å². The summed E-state index contributed by atoms with van der Waals surface area (Å²) in [5, 5.41) is 8.90. The molecule has 1 rings (SSSR count). The smallest absolute Gasteiger partial charge is 0.306 e. The quantitative estimate of drug-likeness (QED) is 0.751. The molecule has 0 heterocycles. The number of aliphatic carboxylic acids is 1. The first-order valence-corrected chi connectivity index (χ1v) is 5.62. The lowest BCUT2D eigenvalue weighted by atomic mass is 9.87. The van der Waals surface area contributed by atoms with Gasteiger partial charge in [0.15, 0.2) is 0 Å². The summed E-state index contributed by atoms with van der Waals surface area (Å²) in [7, 11) is 0.